The number of hydrogen-bond acceptors (Lipinski definition) is 3. The fourth-order valence-corrected chi connectivity index (χ4v) is 3.36. The summed E-state index contributed by atoms with van der Waals surface area (Å²) in [5.41, 5.74) is -0.754. The summed E-state index contributed by atoms with van der Waals surface area (Å²) in [7, 11) is 0. The number of likely N-dealkylation sites (tertiary alicyclic amines) is 2. The van der Waals surface area contributed by atoms with Gasteiger partial charge in [-0.3, -0.25) is 4.79 Å². The second kappa shape index (κ2) is 6.64. The summed E-state index contributed by atoms with van der Waals surface area (Å²) in [4.78, 5) is 27.7. The van der Waals surface area contributed by atoms with Crippen LogP contribution in [-0.4, -0.2) is 65.7 Å². The van der Waals surface area contributed by atoms with E-state index < -0.39 is 11.4 Å². The van der Waals surface area contributed by atoms with E-state index in [1.165, 1.54) is 12.8 Å². The maximum atomic E-state index is 12.3. The Morgan fingerprint density at radius 1 is 1.29 bits per heavy atom. The van der Waals surface area contributed by atoms with E-state index in [9.17, 15) is 14.7 Å². The zero-order valence-electron chi connectivity index (χ0n) is 13.1. The summed E-state index contributed by atoms with van der Waals surface area (Å²) < 4.78 is 0. The molecule has 0 bridgehead atoms. The lowest BCUT2D eigenvalue weighted by molar-refractivity contribution is -0.148. The molecule has 2 saturated heterocycles. The number of hydrogen-bond donors (Lipinski definition) is 2. The lowest BCUT2D eigenvalue weighted by Gasteiger charge is -2.26. The highest BCUT2D eigenvalue weighted by atomic mass is 16.4. The molecular formula is C15H27N3O3. The molecule has 2 amide bonds. The molecule has 21 heavy (non-hydrogen) atoms. The molecule has 2 aliphatic rings. The standard InChI is InChI=1S/C15H27N3O3/c1-3-15(13(19)20)6-9-18(11-15)14(21)16-12(2)10-17-7-4-5-8-17/h12H,3-11H2,1-2H3,(H,16,21)(H,19,20). The van der Waals surface area contributed by atoms with Crippen LogP contribution in [0.25, 0.3) is 0 Å². The van der Waals surface area contributed by atoms with E-state index in [4.69, 9.17) is 0 Å². The van der Waals surface area contributed by atoms with Gasteiger partial charge < -0.3 is 20.2 Å². The maximum absolute atomic E-state index is 12.3. The van der Waals surface area contributed by atoms with Crippen LogP contribution in [0.5, 0.6) is 0 Å². The van der Waals surface area contributed by atoms with E-state index in [1.54, 1.807) is 4.90 Å². The molecule has 120 valence electrons. The van der Waals surface area contributed by atoms with Crippen LogP contribution < -0.4 is 5.32 Å². The maximum Gasteiger partial charge on any atom is 0.317 e. The van der Waals surface area contributed by atoms with Gasteiger partial charge in [0.2, 0.25) is 0 Å². The van der Waals surface area contributed by atoms with Gasteiger partial charge in [-0.2, -0.15) is 0 Å². The van der Waals surface area contributed by atoms with Gasteiger partial charge in [0.05, 0.1) is 5.41 Å². The summed E-state index contributed by atoms with van der Waals surface area (Å²) in [5.74, 6) is -0.787. The third-order valence-corrected chi connectivity index (χ3v) is 4.87. The fourth-order valence-electron chi connectivity index (χ4n) is 3.36. The Morgan fingerprint density at radius 3 is 2.48 bits per heavy atom. The predicted octanol–water partition coefficient (Wildman–Crippen LogP) is 1.37. The topological polar surface area (TPSA) is 72.9 Å². The third kappa shape index (κ3) is 3.67. The summed E-state index contributed by atoms with van der Waals surface area (Å²) >= 11 is 0. The number of aliphatic carboxylic acids is 1. The van der Waals surface area contributed by atoms with E-state index in [1.807, 2.05) is 13.8 Å². The van der Waals surface area contributed by atoms with Crippen molar-refractivity contribution >= 4 is 12.0 Å². The molecule has 2 aliphatic heterocycles. The molecule has 2 heterocycles. The smallest absolute Gasteiger partial charge is 0.317 e. The molecule has 2 rings (SSSR count). The van der Waals surface area contributed by atoms with Crippen molar-refractivity contribution in [1.29, 1.82) is 0 Å². The number of carboxylic acid groups (broad SMARTS) is 1. The van der Waals surface area contributed by atoms with Gasteiger partial charge in [-0.15, -0.1) is 0 Å². The molecule has 0 aromatic rings. The van der Waals surface area contributed by atoms with Crippen molar-refractivity contribution < 1.29 is 14.7 Å². The summed E-state index contributed by atoms with van der Waals surface area (Å²) in [6.45, 7) is 7.84. The minimum absolute atomic E-state index is 0.0945. The first-order valence-corrected chi connectivity index (χ1v) is 7.98. The average Bonchev–Trinajstić information content (AvgIpc) is 3.07. The Morgan fingerprint density at radius 2 is 1.95 bits per heavy atom. The highest BCUT2D eigenvalue weighted by molar-refractivity contribution is 5.79. The number of nitrogens with zero attached hydrogens (tertiary/aromatic N) is 2. The molecule has 0 saturated carbocycles. The van der Waals surface area contributed by atoms with E-state index in [2.05, 4.69) is 10.2 Å². The largest absolute Gasteiger partial charge is 0.481 e. The molecule has 2 unspecified atom stereocenters. The van der Waals surface area contributed by atoms with Crippen molar-refractivity contribution in [1.82, 2.24) is 15.1 Å². The lowest BCUT2D eigenvalue weighted by Crippen LogP contribution is -2.47. The van der Waals surface area contributed by atoms with Crippen LogP contribution in [0.1, 0.15) is 39.5 Å². The van der Waals surface area contributed by atoms with E-state index in [0.717, 1.165) is 19.6 Å². The molecule has 6 heteroatoms. The van der Waals surface area contributed by atoms with Crippen LogP contribution >= 0.6 is 0 Å². The zero-order valence-corrected chi connectivity index (χ0v) is 13.1. The molecular weight excluding hydrogens is 270 g/mol. The third-order valence-electron chi connectivity index (χ3n) is 4.87. The van der Waals surface area contributed by atoms with Gasteiger partial charge >= 0.3 is 12.0 Å². The quantitative estimate of drug-likeness (QED) is 0.804. The molecule has 6 nitrogen and oxygen atoms in total. The molecule has 2 atom stereocenters. The summed E-state index contributed by atoms with van der Waals surface area (Å²) in [6.07, 6.45) is 3.59. The first-order valence-electron chi connectivity index (χ1n) is 7.98. The highest BCUT2D eigenvalue weighted by Crippen LogP contribution is 2.34. The number of urea groups is 1. The Labute approximate surface area is 126 Å². The van der Waals surface area contributed by atoms with Gasteiger partial charge in [0, 0.05) is 25.7 Å². The average molecular weight is 297 g/mol. The number of nitrogens with one attached hydrogen (secondary N) is 1. The normalized spacial score (nSPS) is 27.8. The Hall–Kier alpha value is -1.30. The Balaban J connectivity index is 1.82. The number of carbonyl (C=O) groups excluding carboxylic acids is 1. The van der Waals surface area contributed by atoms with Crippen molar-refractivity contribution in [2.45, 2.75) is 45.6 Å². The van der Waals surface area contributed by atoms with Crippen molar-refractivity contribution in [2.24, 2.45) is 5.41 Å². The molecule has 0 radical (unpaired) electrons. The molecule has 0 spiro atoms. The molecule has 2 N–H and O–H groups in total. The Bertz CT molecular complexity index is 396. The van der Waals surface area contributed by atoms with Gasteiger partial charge in [-0.05, 0) is 45.7 Å². The molecule has 0 aliphatic carbocycles. The van der Waals surface area contributed by atoms with Crippen LogP contribution in [0.3, 0.4) is 0 Å². The first kappa shape index (κ1) is 16.1. The van der Waals surface area contributed by atoms with Crippen LogP contribution in [0.15, 0.2) is 0 Å². The minimum Gasteiger partial charge on any atom is -0.481 e. The Kier molecular flexibility index (Phi) is 5.08. The fraction of sp³-hybridized carbons (Fsp3) is 0.867. The van der Waals surface area contributed by atoms with Crippen molar-refractivity contribution in [3.63, 3.8) is 0 Å². The predicted molar refractivity (Wildman–Crippen MR) is 80.2 cm³/mol. The summed E-state index contributed by atoms with van der Waals surface area (Å²) in [6, 6.07) is -0.0321. The highest BCUT2D eigenvalue weighted by Gasteiger charge is 2.44. The van der Waals surface area contributed by atoms with Crippen molar-refractivity contribution in [2.75, 3.05) is 32.7 Å². The van der Waals surface area contributed by atoms with Crippen LogP contribution in [0, 0.1) is 5.41 Å². The zero-order chi connectivity index (χ0) is 15.5. The molecule has 2 fully saturated rings. The lowest BCUT2D eigenvalue weighted by atomic mass is 9.84. The summed E-state index contributed by atoms with van der Waals surface area (Å²) in [5, 5.41) is 12.4. The van der Waals surface area contributed by atoms with Gasteiger partial charge in [0.25, 0.3) is 0 Å². The van der Waals surface area contributed by atoms with Gasteiger partial charge in [-0.25, -0.2) is 4.79 Å². The first-order chi connectivity index (χ1) is 9.97. The molecule has 0 aromatic carbocycles. The monoisotopic (exact) mass is 297 g/mol. The number of carbonyl (C=O) groups is 2. The van der Waals surface area contributed by atoms with Gasteiger partial charge in [-0.1, -0.05) is 6.92 Å². The second-order valence-electron chi connectivity index (χ2n) is 6.47. The van der Waals surface area contributed by atoms with Crippen molar-refractivity contribution in [3.05, 3.63) is 0 Å². The second-order valence-corrected chi connectivity index (χ2v) is 6.47. The number of carboxylic acids is 1. The minimum atomic E-state index is -0.787. The van der Waals surface area contributed by atoms with Gasteiger partial charge in [0.1, 0.15) is 0 Å². The van der Waals surface area contributed by atoms with E-state index in [0.29, 0.717) is 25.9 Å². The van der Waals surface area contributed by atoms with Crippen LogP contribution in [0.4, 0.5) is 4.79 Å². The van der Waals surface area contributed by atoms with E-state index >= 15 is 0 Å². The number of amides is 2. The van der Waals surface area contributed by atoms with Gasteiger partial charge in [0.15, 0.2) is 0 Å². The van der Waals surface area contributed by atoms with Crippen LogP contribution in [-0.2, 0) is 4.79 Å². The van der Waals surface area contributed by atoms with Crippen LogP contribution in [0.2, 0.25) is 0 Å². The van der Waals surface area contributed by atoms with Crippen molar-refractivity contribution in [3.8, 4) is 0 Å². The number of rotatable bonds is 5. The SMILES string of the molecule is CCC1(C(=O)O)CCN(C(=O)NC(C)CN2CCCC2)C1. The molecule has 0 aromatic heterocycles. The van der Waals surface area contributed by atoms with E-state index in [-0.39, 0.29) is 12.1 Å².